The Balaban J connectivity index is 4.07. The van der Waals surface area contributed by atoms with Crippen molar-refractivity contribution in [3.63, 3.8) is 0 Å². The van der Waals surface area contributed by atoms with Gasteiger partial charge in [0.2, 0.25) is 0 Å². The first kappa shape index (κ1) is 22.0. The van der Waals surface area contributed by atoms with E-state index in [4.69, 9.17) is 18.1 Å². The van der Waals surface area contributed by atoms with Crippen molar-refractivity contribution < 1.29 is 27.2 Å². The van der Waals surface area contributed by atoms with Gasteiger partial charge in [0.15, 0.2) is 0 Å². The summed E-state index contributed by atoms with van der Waals surface area (Å²) in [5, 5.41) is 0. The fourth-order valence-corrected chi connectivity index (χ4v) is 8.43. The van der Waals surface area contributed by atoms with Gasteiger partial charge in [-0.2, -0.15) is 0 Å². The lowest BCUT2D eigenvalue weighted by atomic mass is 10.6. The fourth-order valence-electron chi connectivity index (χ4n) is 1.27. The quantitative estimate of drug-likeness (QED) is 0.301. The zero-order chi connectivity index (χ0) is 16.2. The molecule has 0 radical (unpaired) electrons. The summed E-state index contributed by atoms with van der Waals surface area (Å²) in [4.78, 5) is 0. The summed E-state index contributed by atoms with van der Waals surface area (Å²) in [5.41, 5.74) is 0. The van der Waals surface area contributed by atoms with E-state index in [2.05, 4.69) is 0 Å². The predicted octanol–water partition coefficient (Wildman–Crippen LogP) is 5.21. The zero-order valence-electron chi connectivity index (χ0n) is 13.1. The molecule has 0 amide bonds. The van der Waals surface area contributed by atoms with Crippen molar-refractivity contribution in [3.05, 3.63) is 0 Å². The molecule has 0 unspecified atom stereocenters. The minimum absolute atomic E-state index is 0.350. The molecule has 128 valence electrons. The van der Waals surface area contributed by atoms with E-state index < -0.39 is 13.6 Å². The van der Waals surface area contributed by atoms with Crippen molar-refractivity contribution in [1.29, 1.82) is 0 Å². The van der Waals surface area contributed by atoms with Gasteiger partial charge in [0, 0.05) is 11.5 Å². The molecule has 0 saturated heterocycles. The summed E-state index contributed by atoms with van der Waals surface area (Å²) in [6, 6.07) is 0. The summed E-state index contributed by atoms with van der Waals surface area (Å²) in [5.74, 6) is 1.20. The normalized spacial score (nSPS) is 12.8. The summed E-state index contributed by atoms with van der Waals surface area (Å²) in [7, 11) is 0. The predicted molar refractivity (Wildman–Crippen MR) is 91.3 cm³/mol. The summed E-state index contributed by atoms with van der Waals surface area (Å²) in [6.07, 6.45) is 0.712. The van der Waals surface area contributed by atoms with Gasteiger partial charge in [0.05, 0.1) is 26.4 Å². The highest BCUT2D eigenvalue weighted by Gasteiger charge is 2.26. The topological polar surface area (TPSA) is 71.1 Å². The van der Waals surface area contributed by atoms with E-state index >= 15 is 0 Å². The van der Waals surface area contributed by atoms with E-state index in [9.17, 15) is 9.13 Å². The van der Waals surface area contributed by atoms with Gasteiger partial charge in [-0.1, -0.05) is 0 Å². The molecule has 0 heterocycles. The van der Waals surface area contributed by atoms with Crippen molar-refractivity contribution in [3.8, 4) is 0 Å². The second-order valence-corrected chi connectivity index (χ2v) is 12.0. The van der Waals surface area contributed by atoms with Crippen LogP contribution in [-0.2, 0) is 27.2 Å². The molecule has 0 fully saturated rings. The van der Waals surface area contributed by atoms with Crippen LogP contribution in [0.4, 0.5) is 0 Å². The van der Waals surface area contributed by atoms with Gasteiger partial charge in [-0.25, -0.2) is 9.13 Å². The van der Waals surface area contributed by atoms with Crippen LogP contribution in [0.25, 0.3) is 0 Å². The smallest absolute Gasteiger partial charge is 0.301 e. The molecule has 0 aliphatic carbocycles. The van der Waals surface area contributed by atoms with Crippen LogP contribution in [0.3, 0.4) is 0 Å². The van der Waals surface area contributed by atoms with Crippen molar-refractivity contribution >= 4 is 36.4 Å². The van der Waals surface area contributed by atoms with Gasteiger partial charge >= 0.3 is 13.6 Å². The minimum atomic E-state index is -3.05. The van der Waals surface area contributed by atoms with E-state index in [1.54, 1.807) is 27.7 Å². The first-order valence-corrected chi connectivity index (χ1v) is 13.3. The number of hydrogen-bond donors (Lipinski definition) is 0. The Bertz CT molecular complexity index is 304. The summed E-state index contributed by atoms with van der Waals surface area (Å²) in [6.45, 7) is 2.42. The summed E-state index contributed by atoms with van der Waals surface area (Å²) < 4.78 is 45.1. The second-order valence-electron chi connectivity index (χ2n) is 3.59. The van der Waals surface area contributed by atoms with Crippen molar-refractivity contribution in [2.24, 2.45) is 0 Å². The highest BCUT2D eigenvalue weighted by Crippen LogP contribution is 2.62. The maximum Gasteiger partial charge on any atom is 0.389 e. The molecule has 0 aromatic carbocycles. The molecule has 0 N–H and O–H groups in total. The second kappa shape index (κ2) is 12.4. The molecular formula is C11H26O6P2S2. The van der Waals surface area contributed by atoms with Crippen LogP contribution in [-0.4, -0.2) is 37.9 Å². The summed E-state index contributed by atoms with van der Waals surface area (Å²) >= 11 is 2.35. The Labute approximate surface area is 136 Å². The molecule has 0 bridgehead atoms. The number of rotatable bonds is 14. The Morgan fingerprint density at radius 2 is 0.952 bits per heavy atom. The van der Waals surface area contributed by atoms with Crippen LogP contribution >= 0.6 is 36.4 Å². The van der Waals surface area contributed by atoms with E-state index in [1.807, 2.05) is 0 Å². The third-order valence-corrected chi connectivity index (χ3v) is 10.1. The average molecular weight is 380 g/mol. The van der Waals surface area contributed by atoms with Crippen LogP contribution in [0.15, 0.2) is 0 Å². The van der Waals surface area contributed by atoms with E-state index in [0.717, 1.165) is 0 Å². The minimum Gasteiger partial charge on any atom is -0.301 e. The lowest BCUT2D eigenvalue weighted by Gasteiger charge is -2.17. The molecule has 6 nitrogen and oxygen atoms in total. The van der Waals surface area contributed by atoms with E-state index in [0.29, 0.717) is 44.4 Å². The highest BCUT2D eigenvalue weighted by molar-refractivity contribution is 8.55. The molecule has 0 aromatic rings. The highest BCUT2D eigenvalue weighted by atomic mass is 32.7. The first-order valence-electron chi connectivity index (χ1n) is 7.02. The van der Waals surface area contributed by atoms with Crippen LogP contribution < -0.4 is 0 Å². The lowest BCUT2D eigenvalue weighted by molar-refractivity contribution is 0.236. The van der Waals surface area contributed by atoms with Gasteiger partial charge in [0.1, 0.15) is 0 Å². The molecule has 0 spiro atoms. The van der Waals surface area contributed by atoms with Crippen LogP contribution in [0.5, 0.6) is 0 Å². The molecule has 0 aromatic heterocycles. The molecule has 0 saturated carbocycles. The maximum atomic E-state index is 12.2. The monoisotopic (exact) mass is 380 g/mol. The Hall–Kier alpha value is 1.00. The molecule has 0 rings (SSSR count). The van der Waals surface area contributed by atoms with Gasteiger partial charge in [0.25, 0.3) is 0 Å². The van der Waals surface area contributed by atoms with Crippen molar-refractivity contribution in [1.82, 2.24) is 0 Å². The third-order valence-electron chi connectivity index (χ3n) is 1.94. The first-order chi connectivity index (χ1) is 9.95. The van der Waals surface area contributed by atoms with E-state index in [1.165, 1.54) is 22.8 Å². The Kier molecular flexibility index (Phi) is 13.0. The maximum absolute atomic E-state index is 12.2. The van der Waals surface area contributed by atoms with Crippen LogP contribution in [0, 0.1) is 0 Å². The molecule has 10 heteroatoms. The van der Waals surface area contributed by atoms with Gasteiger partial charge in [-0.3, -0.25) is 0 Å². The van der Waals surface area contributed by atoms with E-state index in [-0.39, 0.29) is 0 Å². The Morgan fingerprint density at radius 3 is 1.19 bits per heavy atom. The third kappa shape index (κ3) is 10.4. The lowest BCUT2D eigenvalue weighted by Crippen LogP contribution is -1.96. The van der Waals surface area contributed by atoms with Crippen LogP contribution in [0.1, 0.15) is 34.1 Å². The van der Waals surface area contributed by atoms with Gasteiger partial charge in [-0.05, 0) is 56.9 Å². The van der Waals surface area contributed by atoms with Crippen molar-refractivity contribution in [2.45, 2.75) is 34.1 Å². The SMILES string of the molecule is CCOP(=O)(OCC)SCCCSP(=O)(OCC)OCC. The van der Waals surface area contributed by atoms with Gasteiger partial charge < -0.3 is 18.1 Å². The Morgan fingerprint density at radius 1 is 0.667 bits per heavy atom. The molecule has 0 aliphatic heterocycles. The molecule has 0 atom stereocenters. The zero-order valence-corrected chi connectivity index (χ0v) is 16.5. The number of hydrogen-bond acceptors (Lipinski definition) is 8. The average Bonchev–Trinajstić information content (AvgIpc) is 2.39. The fraction of sp³-hybridized carbons (Fsp3) is 1.00. The van der Waals surface area contributed by atoms with Gasteiger partial charge in [-0.15, -0.1) is 0 Å². The largest absolute Gasteiger partial charge is 0.389 e. The molecular weight excluding hydrogens is 354 g/mol. The standard InChI is InChI=1S/C11H26O6P2S2/c1-5-14-18(12,15-6-2)20-10-9-11-21-19(13,16-7-3)17-8-4/h5-11H2,1-4H3. The van der Waals surface area contributed by atoms with Crippen LogP contribution in [0.2, 0.25) is 0 Å². The molecule has 21 heavy (non-hydrogen) atoms. The van der Waals surface area contributed by atoms with Crippen molar-refractivity contribution in [2.75, 3.05) is 37.9 Å². The molecule has 0 aliphatic rings.